The van der Waals surface area contributed by atoms with Crippen LogP contribution in [0.3, 0.4) is 0 Å². The van der Waals surface area contributed by atoms with Crippen LogP contribution in [0, 0.1) is 0 Å². The molecule has 3 rings (SSSR count). The van der Waals surface area contributed by atoms with Crippen LogP contribution in [0.15, 0.2) is 36.4 Å². The first kappa shape index (κ1) is 13.6. The lowest BCUT2D eigenvalue weighted by Gasteiger charge is -2.29. The Balaban J connectivity index is 2.27. The highest BCUT2D eigenvalue weighted by atomic mass is 16.4. The minimum Gasteiger partial charge on any atom is -0.478 e. The number of rotatable bonds is 2. The maximum Gasteiger partial charge on any atom is 0.337 e. The zero-order chi connectivity index (χ0) is 15.0. The third-order valence-corrected chi connectivity index (χ3v) is 4.08. The van der Waals surface area contributed by atoms with E-state index in [-0.39, 0.29) is 5.56 Å². The van der Waals surface area contributed by atoms with Crippen molar-refractivity contribution >= 4 is 11.7 Å². The summed E-state index contributed by atoms with van der Waals surface area (Å²) in [6.07, 6.45) is 0.889. The Hall–Kier alpha value is -2.33. The molecule has 0 bridgehead atoms. The van der Waals surface area contributed by atoms with E-state index < -0.39 is 5.97 Å². The number of aromatic carboxylic acids is 1. The molecule has 0 amide bonds. The van der Waals surface area contributed by atoms with E-state index in [1.54, 1.807) is 6.07 Å². The summed E-state index contributed by atoms with van der Waals surface area (Å²) >= 11 is 0. The fourth-order valence-electron chi connectivity index (χ4n) is 2.97. The van der Waals surface area contributed by atoms with Gasteiger partial charge >= 0.3 is 5.97 Å². The van der Waals surface area contributed by atoms with Gasteiger partial charge in [0.15, 0.2) is 0 Å². The standard InChI is InChI=1S/C17H18N2O2/c1-19-8-7-12-13(11-5-3-2-4-6-11)9-14(17(20)21)16(18)15(12)10-19/h2-6,9H,7-8,10,18H2,1H3,(H,20,21). The number of likely N-dealkylation sites (N-methyl/N-ethyl adjacent to an activating group) is 1. The molecule has 4 nitrogen and oxygen atoms in total. The summed E-state index contributed by atoms with van der Waals surface area (Å²) in [5, 5.41) is 9.41. The first-order valence-electron chi connectivity index (χ1n) is 6.99. The van der Waals surface area contributed by atoms with Gasteiger partial charge < -0.3 is 15.7 Å². The Kier molecular flexibility index (Phi) is 3.39. The van der Waals surface area contributed by atoms with Gasteiger partial charge in [0.1, 0.15) is 0 Å². The summed E-state index contributed by atoms with van der Waals surface area (Å²) in [4.78, 5) is 13.6. The third-order valence-electron chi connectivity index (χ3n) is 4.08. The average molecular weight is 282 g/mol. The van der Waals surface area contributed by atoms with Crippen LogP contribution in [0.1, 0.15) is 21.5 Å². The molecule has 0 fully saturated rings. The summed E-state index contributed by atoms with van der Waals surface area (Å²) in [6.45, 7) is 1.65. The van der Waals surface area contributed by atoms with Gasteiger partial charge in [0.2, 0.25) is 0 Å². The molecule has 3 N–H and O–H groups in total. The van der Waals surface area contributed by atoms with Gasteiger partial charge in [0.25, 0.3) is 0 Å². The lowest BCUT2D eigenvalue weighted by atomic mass is 9.87. The number of benzene rings is 2. The first-order valence-corrected chi connectivity index (χ1v) is 6.99. The molecule has 1 aliphatic heterocycles. The SMILES string of the molecule is CN1CCc2c(-c3ccccc3)cc(C(=O)O)c(N)c2C1. The van der Waals surface area contributed by atoms with Crippen LogP contribution in [0.25, 0.3) is 11.1 Å². The fourth-order valence-corrected chi connectivity index (χ4v) is 2.97. The maximum atomic E-state index is 11.5. The zero-order valence-corrected chi connectivity index (χ0v) is 12.0. The van der Waals surface area contributed by atoms with Crippen molar-refractivity contribution in [2.45, 2.75) is 13.0 Å². The second-order valence-electron chi connectivity index (χ2n) is 5.50. The van der Waals surface area contributed by atoms with Crippen molar-refractivity contribution in [1.29, 1.82) is 0 Å². The fraction of sp³-hybridized carbons (Fsp3) is 0.235. The van der Waals surface area contributed by atoms with Crippen molar-refractivity contribution in [3.05, 3.63) is 53.1 Å². The summed E-state index contributed by atoms with van der Waals surface area (Å²) in [7, 11) is 2.03. The van der Waals surface area contributed by atoms with Crippen LogP contribution >= 0.6 is 0 Å². The molecule has 4 heteroatoms. The number of carbonyl (C=O) groups is 1. The van der Waals surface area contributed by atoms with Gasteiger partial charge in [0.05, 0.1) is 11.3 Å². The van der Waals surface area contributed by atoms with E-state index in [2.05, 4.69) is 4.90 Å². The molecule has 108 valence electrons. The van der Waals surface area contributed by atoms with Crippen LogP contribution < -0.4 is 5.73 Å². The molecule has 0 atom stereocenters. The topological polar surface area (TPSA) is 66.6 Å². The molecule has 0 unspecified atom stereocenters. The molecule has 0 radical (unpaired) electrons. The van der Waals surface area contributed by atoms with Gasteiger partial charge in [-0.05, 0) is 41.8 Å². The second-order valence-corrected chi connectivity index (χ2v) is 5.50. The van der Waals surface area contributed by atoms with E-state index in [4.69, 9.17) is 5.73 Å². The number of hydrogen-bond donors (Lipinski definition) is 2. The van der Waals surface area contributed by atoms with Gasteiger partial charge in [0, 0.05) is 13.1 Å². The molecular formula is C17H18N2O2. The number of nitrogens with two attached hydrogens (primary N) is 1. The molecular weight excluding hydrogens is 264 g/mol. The van der Waals surface area contributed by atoms with Crippen molar-refractivity contribution in [1.82, 2.24) is 4.90 Å². The zero-order valence-electron chi connectivity index (χ0n) is 12.0. The molecule has 1 heterocycles. The normalized spacial score (nSPS) is 14.7. The third kappa shape index (κ3) is 2.38. The number of anilines is 1. The molecule has 1 aliphatic rings. The van der Waals surface area contributed by atoms with Crippen LogP contribution in [0.2, 0.25) is 0 Å². The van der Waals surface area contributed by atoms with Gasteiger partial charge in [-0.1, -0.05) is 30.3 Å². The molecule has 0 aromatic heterocycles. The van der Waals surface area contributed by atoms with Gasteiger partial charge in [-0.3, -0.25) is 0 Å². The predicted molar refractivity (Wildman–Crippen MR) is 83.3 cm³/mol. The van der Waals surface area contributed by atoms with Crippen LogP contribution in [0.4, 0.5) is 5.69 Å². The van der Waals surface area contributed by atoms with E-state index in [0.29, 0.717) is 12.2 Å². The second kappa shape index (κ2) is 5.22. The van der Waals surface area contributed by atoms with E-state index in [9.17, 15) is 9.90 Å². The van der Waals surface area contributed by atoms with Crippen molar-refractivity contribution in [2.75, 3.05) is 19.3 Å². The molecule has 2 aromatic carbocycles. The highest BCUT2D eigenvalue weighted by Crippen LogP contribution is 2.35. The molecule has 0 saturated carbocycles. The van der Waals surface area contributed by atoms with Crippen LogP contribution in [0.5, 0.6) is 0 Å². The van der Waals surface area contributed by atoms with Crippen LogP contribution in [-0.2, 0) is 13.0 Å². The minimum atomic E-state index is -0.972. The van der Waals surface area contributed by atoms with E-state index in [1.165, 1.54) is 5.56 Å². The summed E-state index contributed by atoms with van der Waals surface area (Å²) in [5.74, 6) is -0.972. The lowest BCUT2D eigenvalue weighted by Crippen LogP contribution is -2.28. The molecule has 0 saturated heterocycles. The highest BCUT2D eigenvalue weighted by molar-refractivity contribution is 5.97. The van der Waals surface area contributed by atoms with Crippen LogP contribution in [-0.4, -0.2) is 29.6 Å². The number of carboxylic acids is 1. The smallest absolute Gasteiger partial charge is 0.337 e. The minimum absolute atomic E-state index is 0.197. The van der Waals surface area contributed by atoms with E-state index in [0.717, 1.165) is 29.7 Å². The number of carboxylic acid groups (broad SMARTS) is 1. The first-order chi connectivity index (χ1) is 10.1. The number of fused-ring (bicyclic) bond motifs is 1. The Morgan fingerprint density at radius 1 is 1.24 bits per heavy atom. The summed E-state index contributed by atoms with van der Waals surface area (Å²) < 4.78 is 0. The quantitative estimate of drug-likeness (QED) is 0.831. The van der Waals surface area contributed by atoms with Crippen molar-refractivity contribution in [3.8, 4) is 11.1 Å². The van der Waals surface area contributed by atoms with Gasteiger partial charge in [-0.25, -0.2) is 4.79 Å². The summed E-state index contributed by atoms with van der Waals surface area (Å²) in [5.41, 5.74) is 10.9. The Labute approximate surface area is 123 Å². The number of hydrogen-bond acceptors (Lipinski definition) is 3. The van der Waals surface area contributed by atoms with E-state index >= 15 is 0 Å². The Morgan fingerprint density at radius 3 is 2.62 bits per heavy atom. The Bertz CT molecular complexity index is 696. The largest absolute Gasteiger partial charge is 0.478 e. The van der Waals surface area contributed by atoms with E-state index in [1.807, 2.05) is 37.4 Å². The maximum absolute atomic E-state index is 11.5. The molecule has 2 aromatic rings. The number of nitrogens with zero attached hydrogens (tertiary/aromatic N) is 1. The molecule has 0 spiro atoms. The number of nitrogen functional groups attached to an aromatic ring is 1. The highest BCUT2D eigenvalue weighted by Gasteiger charge is 2.24. The Morgan fingerprint density at radius 2 is 1.95 bits per heavy atom. The van der Waals surface area contributed by atoms with Crippen molar-refractivity contribution in [2.24, 2.45) is 0 Å². The molecule has 21 heavy (non-hydrogen) atoms. The monoisotopic (exact) mass is 282 g/mol. The van der Waals surface area contributed by atoms with Gasteiger partial charge in [-0.2, -0.15) is 0 Å². The lowest BCUT2D eigenvalue weighted by molar-refractivity contribution is 0.0698. The predicted octanol–water partition coefficient (Wildman–Crippen LogP) is 2.62. The van der Waals surface area contributed by atoms with Gasteiger partial charge in [-0.15, -0.1) is 0 Å². The van der Waals surface area contributed by atoms with Crippen molar-refractivity contribution < 1.29 is 9.90 Å². The summed E-state index contributed by atoms with van der Waals surface area (Å²) in [6, 6.07) is 11.6. The average Bonchev–Trinajstić information content (AvgIpc) is 2.48. The van der Waals surface area contributed by atoms with Crippen molar-refractivity contribution in [3.63, 3.8) is 0 Å². The molecule has 0 aliphatic carbocycles.